The molecule has 1 aliphatic rings. The minimum atomic E-state index is -3.28. The molecule has 1 aromatic carbocycles. The van der Waals surface area contributed by atoms with Gasteiger partial charge in [0.05, 0.1) is 17.0 Å². The Bertz CT molecular complexity index is 607. The van der Waals surface area contributed by atoms with E-state index in [1.165, 1.54) is 4.31 Å². The average molecular weight is 269 g/mol. The zero-order valence-corrected chi connectivity index (χ0v) is 11.1. The first-order valence-corrected chi connectivity index (χ1v) is 7.29. The van der Waals surface area contributed by atoms with Gasteiger partial charge in [-0.2, -0.15) is 0 Å². The third-order valence-corrected chi connectivity index (χ3v) is 5.08. The van der Waals surface area contributed by atoms with Crippen molar-refractivity contribution in [2.75, 3.05) is 16.6 Å². The summed E-state index contributed by atoms with van der Waals surface area (Å²) in [5, 5.41) is 9.18. The molecule has 0 aliphatic carbocycles. The number of carbonyl (C=O) groups is 1. The lowest BCUT2D eigenvalue weighted by Crippen LogP contribution is -2.26. The summed E-state index contributed by atoms with van der Waals surface area (Å²) in [6.45, 7) is 3.78. The number of nitrogens with zero attached hydrogens (tertiary/aromatic N) is 1. The Labute approximate surface area is 106 Å². The maximum absolute atomic E-state index is 11.9. The Morgan fingerprint density at radius 3 is 2.50 bits per heavy atom. The van der Waals surface area contributed by atoms with Gasteiger partial charge in [0.15, 0.2) is 0 Å². The van der Waals surface area contributed by atoms with E-state index in [-0.39, 0.29) is 11.3 Å². The summed E-state index contributed by atoms with van der Waals surface area (Å²) in [6, 6.07) is 3.33. The molecule has 1 aromatic rings. The van der Waals surface area contributed by atoms with Crippen LogP contribution in [0.1, 0.15) is 27.9 Å². The number of hydrogen-bond donors (Lipinski definition) is 1. The van der Waals surface area contributed by atoms with E-state index in [9.17, 15) is 18.3 Å². The number of anilines is 1. The minimum Gasteiger partial charge on any atom is -0.478 e. The largest absolute Gasteiger partial charge is 0.478 e. The van der Waals surface area contributed by atoms with Crippen molar-refractivity contribution in [3.05, 3.63) is 28.8 Å². The van der Waals surface area contributed by atoms with Crippen molar-refractivity contribution in [3.63, 3.8) is 0 Å². The second-order valence-electron chi connectivity index (χ2n) is 4.45. The molecule has 0 unspecified atom stereocenters. The molecule has 0 radical (unpaired) electrons. The van der Waals surface area contributed by atoms with Crippen LogP contribution in [-0.4, -0.2) is 31.8 Å². The molecule has 0 aromatic heterocycles. The topological polar surface area (TPSA) is 74.7 Å². The number of carboxylic acid groups (broad SMARTS) is 1. The highest BCUT2D eigenvalue weighted by atomic mass is 32.2. The van der Waals surface area contributed by atoms with Crippen LogP contribution >= 0.6 is 0 Å². The molecule has 1 heterocycles. The minimum absolute atomic E-state index is 0.128. The molecular formula is C12H15NO4S. The molecule has 5 nitrogen and oxygen atoms in total. The third-order valence-electron chi connectivity index (χ3n) is 3.23. The highest BCUT2D eigenvalue weighted by Crippen LogP contribution is 2.30. The summed E-state index contributed by atoms with van der Waals surface area (Å²) >= 11 is 0. The smallest absolute Gasteiger partial charge is 0.336 e. The SMILES string of the molecule is Cc1ccc(N2CCCS2(=O)=O)c(C)c1C(=O)O. The van der Waals surface area contributed by atoms with E-state index >= 15 is 0 Å². The van der Waals surface area contributed by atoms with Crippen LogP contribution in [0.25, 0.3) is 0 Å². The summed E-state index contributed by atoms with van der Waals surface area (Å²) in [5.74, 6) is -0.897. The lowest BCUT2D eigenvalue weighted by atomic mass is 10.0. The molecule has 18 heavy (non-hydrogen) atoms. The fraction of sp³-hybridized carbons (Fsp3) is 0.417. The molecule has 6 heteroatoms. The van der Waals surface area contributed by atoms with Crippen molar-refractivity contribution in [1.29, 1.82) is 0 Å². The highest BCUT2D eigenvalue weighted by Gasteiger charge is 2.30. The Morgan fingerprint density at radius 1 is 1.33 bits per heavy atom. The van der Waals surface area contributed by atoms with Crippen LogP contribution in [0.4, 0.5) is 5.69 Å². The lowest BCUT2D eigenvalue weighted by molar-refractivity contribution is 0.0695. The summed E-state index contributed by atoms with van der Waals surface area (Å²) < 4.78 is 25.0. The molecule has 0 spiro atoms. The van der Waals surface area contributed by atoms with Gasteiger partial charge in [-0.1, -0.05) is 6.07 Å². The zero-order chi connectivity index (χ0) is 13.5. The number of aromatic carboxylic acids is 1. The molecule has 2 rings (SSSR count). The Morgan fingerprint density at radius 2 is 2.00 bits per heavy atom. The van der Waals surface area contributed by atoms with E-state index in [1.54, 1.807) is 26.0 Å². The quantitative estimate of drug-likeness (QED) is 0.883. The molecule has 0 bridgehead atoms. The maximum Gasteiger partial charge on any atom is 0.336 e. The van der Waals surface area contributed by atoms with E-state index in [0.717, 1.165) is 0 Å². The molecule has 1 N–H and O–H groups in total. The van der Waals surface area contributed by atoms with Crippen LogP contribution in [-0.2, 0) is 10.0 Å². The highest BCUT2D eigenvalue weighted by molar-refractivity contribution is 7.93. The van der Waals surface area contributed by atoms with Crippen molar-refractivity contribution >= 4 is 21.7 Å². The lowest BCUT2D eigenvalue weighted by Gasteiger charge is -2.21. The first-order chi connectivity index (χ1) is 8.34. The summed E-state index contributed by atoms with van der Waals surface area (Å²) in [6.07, 6.45) is 0.581. The van der Waals surface area contributed by atoms with E-state index in [0.29, 0.717) is 29.8 Å². The van der Waals surface area contributed by atoms with Gasteiger partial charge in [-0.05, 0) is 37.5 Å². The van der Waals surface area contributed by atoms with Crippen LogP contribution in [0.15, 0.2) is 12.1 Å². The Balaban J connectivity index is 2.60. The van der Waals surface area contributed by atoms with Crippen LogP contribution in [0.5, 0.6) is 0 Å². The predicted octanol–water partition coefficient (Wildman–Crippen LogP) is 1.54. The van der Waals surface area contributed by atoms with Gasteiger partial charge in [0, 0.05) is 6.54 Å². The number of benzene rings is 1. The van der Waals surface area contributed by atoms with Crippen LogP contribution in [0.3, 0.4) is 0 Å². The summed E-state index contributed by atoms with van der Waals surface area (Å²) in [5.41, 5.74) is 1.82. The van der Waals surface area contributed by atoms with E-state index < -0.39 is 16.0 Å². The first-order valence-electron chi connectivity index (χ1n) is 5.68. The van der Waals surface area contributed by atoms with Crippen LogP contribution in [0.2, 0.25) is 0 Å². The monoisotopic (exact) mass is 269 g/mol. The average Bonchev–Trinajstić information content (AvgIpc) is 2.58. The fourth-order valence-corrected chi connectivity index (χ4v) is 3.96. The molecular weight excluding hydrogens is 254 g/mol. The molecule has 1 saturated heterocycles. The molecule has 0 amide bonds. The molecule has 0 atom stereocenters. The number of carboxylic acids is 1. The maximum atomic E-state index is 11.9. The van der Waals surface area contributed by atoms with Gasteiger partial charge in [0.2, 0.25) is 10.0 Å². The van der Waals surface area contributed by atoms with E-state index in [1.807, 2.05) is 0 Å². The summed E-state index contributed by atoms with van der Waals surface area (Å²) in [4.78, 5) is 11.2. The molecule has 98 valence electrons. The first kappa shape index (κ1) is 12.9. The van der Waals surface area contributed by atoms with Crippen molar-refractivity contribution in [1.82, 2.24) is 0 Å². The molecule has 1 aliphatic heterocycles. The van der Waals surface area contributed by atoms with Gasteiger partial charge in [-0.15, -0.1) is 0 Å². The van der Waals surface area contributed by atoms with Gasteiger partial charge in [-0.25, -0.2) is 13.2 Å². The Hall–Kier alpha value is -1.56. The van der Waals surface area contributed by atoms with Gasteiger partial charge < -0.3 is 5.11 Å². The fourth-order valence-electron chi connectivity index (χ4n) is 2.35. The van der Waals surface area contributed by atoms with Crippen molar-refractivity contribution in [3.8, 4) is 0 Å². The standard InChI is InChI=1S/C12H15NO4S/c1-8-4-5-10(9(2)11(8)12(14)15)13-6-3-7-18(13,16)17/h4-5H,3,6-7H2,1-2H3,(H,14,15). The number of rotatable bonds is 2. The van der Waals surface area contributed by atoms with Gasteiger partial charge >= 0.3 is 5.97 Å². The second kappa shape index (κ2) is 4.28. The normalized spacial score (nSPS) is 18.0. The van der Waals surface area contributed by atoms with Gasteiger partial charge in [0.1, 0.15) is 0 Å². The Kier molecular flexibility index (Phi) is 3.06. The van der Waals surface area contributed by atoms with Crippen molar-refractivity contribution in [2.24, 2.45) is 0 Å². The van der Waals surface area contributed by atoms with E-state index in [4.69, 9.17) is 0 Å². The second-order valence-corrected chi connectivity index (χ2v) is 6.46. The molecule has 1 fully saturated rings. The number of hydrogen-bond acceptors (Lipinski definition) is 3. The summed E-state index contributed by atoms with van der Waals surface area (Å²) in [7, 11) is -3.28. The van der Waals surface area contributed by atoms with E-state index in [2.05, 4.69) is 0 Å². The van der Waals surface area contributed by atoms with Crippen molar-refractivity contribution < 1.29 is 18.3 Å². The number of aryl methyl sites for hydroxylation is 1. The predicted molar refractivity (Wildman–Crippen MR) is 68.6 cm³/mol. The zero-order valence-electron chi connectivity index (χ0n) is 10.3. The third kappa shape index (κ3) is 1.96. The van der Waals surface area contributed by atoms with Crippen molar-refractivity contribution in [2.45, 2.75) is 20.3 Å². The molecule has 0 saturated carbocycles. The number of sulfonamides is 1. The van der Waals surface area contributed by atoms with Gasteiger partial charge in [0.25, 0.3) is 0 Å². The van der Waals surface area contributed by atoms with Gasteiger partial charge in [-0.3, -0.25) is 4.31 Å². The van der Waals surface area contributed by atoms with Crippen LogP contribution in [0, 0.1) is 13.8 Å². The van der Waals surface area contributed by atoms with Crippen LogP contribution < -0.4 is 4.31 Å².